The van der Waals surface area contributed by atoms with Crippen molar-refractivity contribution in [2.24, 2.45) is 0 Å². The summed E-state index contributed by atoms with van der Waals surface area (Å²) in [5.74, 6) is -1.38. The quantitative estimate of drug-likeness (QED) is 0.182. The summed E-state index contributed by atoms with van der Waals surface area (Å²) in [5.41, 5.74) is 2.04. The molecule has 4 rings (SSSR count). The van der Waals surface area contributed by atoms with Gasteiger partial charge in [0.2, 0.25) is 0 Å². The van der Waals surface area contributed by atoms with Crippen LogP contribution in [0.1, 0.15) is 42.4 Å². The van der Waals surface area contributed by atoms with E-state index in [9.17, 15) is 27.9 Å². The Morgan fingerprint density at radius 1 is 0.857 bits per heavy atom. The SMILES string of the molecule is CCC(C(=O)O)c1ccc(Sc2ccc(N(CCCc3ccccc3)C(=O)Nc3ccc(C(F)(F)F)cc3)cc2)cc1. The van der Waals surface area contributed by atoms with Crippen LogP contribution in [0.25, 0.3) is 0 Å². The second kappa shape index (κ2) is 14.1. The molecule has 2 N–H and O–H groups in total. The van der Waals surface area contributed by atoms with E-state index in [0.29, 0.717) is 25.1 Å². The number of hydrogen-bond donors (Lipinski definition) is 2. The molecule has 1 atom stereocenters. The molecule has 1 unspecified atom stereocenters. The summed E-state index contributed by atoms with van der Waals surface area (Å²) in [6.45, 7) is 2.25. The van der Waals surface area contributed by atoms with Gasteiger partial charge < -0.3 is 10.4 Å². The molecule has 5 nitrogen and oxygen atoms in total. The van der Waals surface area contributed by atoms with Crippen LogP contribution >= 0.6 is 11.8 Å². The number of aliphatic carboxylic acids is 1. The highest BCUT2D eigenvalue weighted by atomic mass is 32.2. The molecule has 4 aromatic rings. The molecule has 4 aromatic carbocycles. The van der Waals surface area contributed by atoms with Crippen LogP contribution in [-0.2, 0) is 17.4 Å². The number of carboxylic acids is 1. The van der Waals surface area contributed by atoms with Crippen molar-refractivity contribution in [1.82, 2.24) is 0 Å². The average Bonchev–Trinajstić information content (AvgIpc) is 2.97. The average molecular weight is 593 g/mol. The molecule has 9 heteroatoms. The second-order valence-corrected chi connectivity index (χ2v) is 10.9. The summed E-state index contributed by atoms with van der Waals surface area (Å²) in [5, 5.41) is 12.1. The maximum absolute atomic E-state index is 13.3. The van der Waals surface area contributed by atoms with Gasteiger partial charge in [-0.15, -0.1) is 0 Å². The minimum absolute atomic E-state index is 0.268. The first-order valence-electron chi connectivity index (χ1n) is 13.5. The van der Waals surface area contributed by atoms with Crippen LogP contribution in [0.2, 0.25) is 0 Å². The van der Waals surface area contributed by atoms with Crippen molar-refractivity contribution >= 4 is 35.1 Å². The van der Waals surface area contributed by atoms with Crippen molar-refractivity contribution in [3.63, 3.8) is 0 Å². The van der Waals surface area contributed by atoms with Crippen LogP contribution in [0.3, 0.4) is 0 Å². The predicted molar refractivity (Wildman–Crippen MR) is 160 cm³/mol. The normalized spacial score (nSPS) is 12.0. The highest BCUT2D eigenvalue weighted by Gasteiger charge is 2.30. The zero-order chi connectivity index (χ0) is 30.1. The van der Waals surface area contributed by atoms with Crippen molar-refractivity contribution in [3.8, 4) is 0 Å². The monoisotopic (exact) mass is 592 g/mol. The maximum atomic E-state index is 13.3. The van der Waals surface area contributed by atoms with E-state index in [2.05, 4.69) is 5.32 Å². The fourth-order valence-corrected chi connectivity index (χ4v) is 5.34. The van der Waals surface area contributed by atoms with Crippen molar-refractivity contribution in [1.29, 1.82) is 0 Å². The Balaban J connectivity index is 1.47. The Labute approximate surface area is 247 Å². The van der Waals surface area contributed by atoms with Gasteiger partial charge in [-0.25, -0.2) is 4.79 Å². The third-order valence-corrected chi connectivity index (χ3v) is 7.79. The van der Waals surface area contributed by atoms with Crippen molar-refractivity contribution in [2.75, 3.05) is 16.8 Å². The lowest BCUT2D eigenvalue weighted by molar-refractivity contribution is -0.139. The van der Waals surface area contributed by atoms with Gasteiger partial charge in [-0.1, -0.05) is 61.2 Å². The zero-order valence-electron chi connectivity index (χ0n) is 23.0. The number of benzene rings is 4. The first-order chi connectivity index (χ1) is 20.1. The molecule has 42 heavy (non-hydrogen) atoms. The van der Waals surface area contributed by atoms with Crippen molar-refractivity contribution in [3.05, 3.63) is 120 Å². The molecule has 0 aliphatic rings. The number of anilines is 2. The Hall–Kier alpha value is -4.24. The molecule has 0 saturated heterocycles. The molecule has 0 saturated carbocycles. The molecule has 0 spiro atoms. The summed E-state index contributed by atoms with van der Waals surface area (Å²) in [6, 6.07) is 28.8. The maximum Gasteiger partial charge on any atom is 0.416 e. The number of urea groups is 1. The van der Waals surface area contributed by atoms with Crippen molar-refractivity contribution in [2.45, 2.75) is 48.1 Å². The van der Waals surface area contributed by atoms with E-state index in [1.165, 1.54) is 23.9 Å². The van der Waals surface area contributed by atoms with Gasteiger partial charge in [-0.2, -0.15) is 13.2 Å². The molecule has 0 aromatic heterocycles. The van der Waals surface area contributed by atoms with E-state index in [0.717, 1.165) is 39.5 Å². The highest BCUT2D eigenvalue weighted by molar-refractivity contribution is 7.99. The van der Waals surface area contributed by atoms with Crippen LogP contribution in [0.4, 0.5) is 29.3 Å². The number of nitrogens with one attached hydrogen (secondary N) is 1. The van der Waals surface area contributed by atoms with Crippen LogP contribution < -0.4 is 10.2 Å². The van der Waals surface area contributed by atoms with E-state index < -0.39 is 29.7 Å². The van der Waals surface area contributed by atoms with E-state index in [1.807, 2.05) is 85.8 Å². The first-order valence-corrected chi connectivity index (χ1v) is 14.4. The number of carbonyl (C=O) groups excluding carboxylic acids is 1. The van der Waals surface area contributed by atoms with E-state index >= 15 is 0 Å². The summed E-state index contributed by atoms with van der Waals surface area (Å²) >= 11 is 1.52. The summed E-state index contributed by atoms with van der Waals surface area (Å²) < 4.78 is 38.9. The predicted octanol–water partition coefficient (Wildman–Crippen LogP) is 9.11. The lowest BCUT2D eigenvalue weighted by Gasteiger charge is -2.24. The zero-order valence-corrected chi connectivity index (χ0v) is 23.8. The van der Waals surface area contributed by atoms with Gasteiger partial charge in [-0.05, 0) is 91.1 Å². The van der Waals surface area contributed by atoms with Gasteiger partial charge in [-0.3, -0.25) is 9.69 Å². The largest absolute Gasteiger partial charge is 0.481 e. The van der Waals surface area contributed by atoms with E-state index in [-0.39, 0.29) is 5.69 Å². The standard InChI is InChI=1S/C33H31F3N2O3S/c1-2-30(31(39)40)24-10-18-28(19-11-24)42-29-20-16-27(17-21-29)38(22-6-9-23-7-4-3-5-8-23)32(41)37-26-14-12-25(13-15-26)33(34,35)36/h3-5,7-8,10-21,30H,2,6,9,22H2,1H3,(H,37,41)(H,39,40). The number of hydrogen-bond acceptors (Lipinski definition) is 3. The molecule has 0 fully saturated rings. The number of halogens is 3. The van der Waals surface area contributed by atoms with Crippen LogP contribution in [0, 0.1) is 0 Å². The molecular weight excluding hydrogens is 561 g/mol. The van der Waals surface area contributed by atoms with Gasteiger partial charge in [0.25, 0.3) is 0 Å². The van der Waals surface area contributed by atoms with Gasteiger partial charge in [0.05, 0.1) is 11.5 Å². The minimum atomic E-state index is -4.45. The fraction of sp³-hybridized carbons (Fsp3) is 0.212. The van der Waals surface area contributed by atoms with E-state index in [4.69, 9.17) is 0 Å². The summed E-state index contributed by atoms with van der Waals surface area (Å²) in [4.78, 5) is 28.2. The van der Waals surface area contributed by atoms with Gasteiger partial charge in [0, 0.05) is 27.7 Å². The number of carbonyl (C=O) groups is 2. The molecule has 0 bridgehead atoms. The van der Waals surface area contributed by atoms with Gasteiger partial charge in [0.1, 0.15) is 0 Å². The lowest BCUT2D eigenvalue weighted by Crippen LogP contribution is -2.36. The van der Waals surface area contributed by atoms with Crippen LogP contribution in [0.5, 0.6) is 0 Å². The Morgan fingerprint density at radius 2 is 1.45 bits per heavy atom. The molecule has 0 radical (unpaired) electrons. The minimum Gasteiger partial charge on any atom is -0.481 e. The van der Waals surface area contributed by atoms with Crippen LogP contribution in [0.15, 0.2) is 113 Å². The Bertz CT molecular complexity index is 1460. The Morgan fingerprint density at radius 3 is 2.00 bits per heavy atom. The number of aryl methyl sites for hydroxylation is 1. The lowest BCUT2D eigenvalue weighted by atomic mass is 9.97. The number of carboxylic acid groups (broad SMARTS) is 1. The van der Waals surface area contributed by atoms with Gasteiger partial charge in [0.15, 0.2) is 0 Å². The molecule has 218 valence electrons. The molecule has 0 aliphatic heterocycles. The van der Waals surface area contributed by atoms with Crippen molar-refractivity contribution < 1.29 is 27.9 Å². The molecule has 0 aliphatic carbocycles. The number of nitrogens with zero attached hydrogens (tertiary/aromatic N) is 1. The third kappa shape index (κ3) is 8.39. The third-order valence-electron chi connectivity index (χ3n) is 6.77. The molecular formula is C33H31F3N2O3S. The van der Waals surface area contributed by atoms with E-state index in [1.54, 1.807) is 4.90 Å². The summed E-state index contributed by atoms with van der Waals surface area (Å²) in [7, 11) is 0. The number of amides is 2. The smallest absolute Gasteiger partial charge is 0.416 e. The number of rotatable bonds is 11. The molecule has 0 heterocycles. The second-order valence-electron chi connectivity index (χ2n) is 9.71. The summed E-state index contributed by atoms with van der Waals surface area (Å²) in [6.07, 6.45) is -2.50. The van der Waals surface area contributed by atoms with Gasteiger partial charge >= 0.3 is 18.2 Å². The highest BCUT2D eigenvalue weighted by Crippen LogP contribution is 2.32. The molecule has 2 amide bonds. The fourth-order valence-electron chi connectivity index (χ4n) is 4.52. The Kier molecular flexibility index (Phi) is 10.3. The number of alkyl halides is 3. The first kappa shape index (κ1) is 30.7. The van der Waals surface area contributed by atoms with Crippen LogP contribution in [-0.4, -0.2) is 23.7 Å². The topological polar surface area (TPSA) is 69.6 Å².